The zero-order chi connectivity index (χ0) is 11.1. The lowest BCUT2D eigenvalue weighted by Crippen LogP contribution is -1.98. The number of rotatable bonds is 2. The average Bonchev–Trinajstić information content (AvgIpc) is 2.57. The molecule has 0 bridgehead atoms. The first-order valence-electron chi connectivity index (χ1n) is 4.15. The Morgan fingerprint density at radius 3 is 2.67 bits per heavy atom. The summed E-state index contributed by atoms with van der Waals surface area (Å²) in [5, 5.41) is 0. The highest BCUT2D eigenvalue weighted by Crippen LogP contribution is 2.11. The summed E-state index contributed by atoms with van der Waals surface area (Å²) in [6, 6.07) is 3.02. The van der Waals surface area contributed by atoms with Crippen molar-refractivity contribution in [2.24, 2.45) is 0 Å². The number of carbonyl (C=O) groups is 1. The second-order valence-corrected chi connectivity index (χ2v) is 5.20. The van der Waals surface area contributed by atoms with E-state index in [1.54, 1.807) is 6.07 Å². The third-order valence-electron chi connectivity index (χ3n) is 1.99. The van der Waals surface area contributed by atoms with Crippen LogP contribution in [-0.4, -0.2) is 30.3 Å². The smallest absolute Gasteiger partial charge is 0.176 e. The number of nitrogens with zero attached hydrogens (tertiary/aromatic N) is 2. The molecule has 2 aromatic heterocycles. The molecule has 0 fully saturated rings. The Kier molecular flexibility index (Phi) is 2.08. The monoisotopic (exact) mass is 224 g/mol. The van der Waals surface area contributed by atoms with Crippen LogP contribution in [0.5, 0.6) is 0 Å². The van der Waals surface area contributed by atoms with Crippen LogP contribution in [-0.2, 0) is 9.84 Å². The summed E-state index contributed by atoms with van der Waals surface area (Å²) in [5.74, 6) is 0. The number of imidazole rings is 1. The number of pyridine rings is 1. The summed E-state index contributed by atoms with van der Waals surface area (Å²) in [4.78, 5) is 14.6. The fourth-order valence-corrected chi connectivity index (χ4v) is 1.89. The molecule has 0 N–H and O–H groups in total. The molecule has 2 heterocycles. The van der Waals surface area contributed by atoms with Gasteiger partial charge >= 0.3 is 0 Å². The number of carbonyl (C=O) groups excluding carboxylic acids is 1. The van der Waals surface area contributed by atoms with Gasteiger partial charge < -0.3 is 4.40 Å². The van der Waals surface area contributed by atoms with Gasteiger partial charge in [-0.3, -0.25) is 4.79 Å². The predicted molar refractivity (Wildman–Crippen MR) is 53.7 cm³/mol. The first kappa shape index (κ1) is 9.85. The Hall–Kier alpha value is -1.69. The van der Waals surface area contributed by atoms with E-state index in [9.17, 15) is 13.2 Å². The van der Waals surface area contributed by atoms with Crippen molar-refractivity contribution in [1.29, 1.82) is 0 Å². The molecule has 6 heteroatoms. The van der Waals surface area contributed by atoms with Crippen LogP contribution in [0, 0.1) is 0 Å². The van der Waals surface area contributed by atoms with Crippen molar-refractivity contribution >= 4 is 21.8 Å². The molecular weight excluding hydrogens is 216 g/mol. The summed E-state index contributed by atoms with van der Waals surface area (Å²) in [6.07, 6.45) is 4.67. The molecule has 0 amide bonds. The molecular formula is C9H8N2O3S. The topological polar surface area (TPSA) is 68.5 Å². The zero-order valence-electron chi connectivity index (χ0n) is 7.91. The van der Waals surface area contributed by atoms with E-state index in [1.165, 1.54) is 22.9 Å². The minimum absolute atomic E-state index is 0.199. The van der Waals surface area contributed by atoms with Gasteiger partial charge in [0.05, 0.1) is 4.90 Å². The van der Waals surface area contributed by atoms with Crippen LogP contribution in [0.2, 0.25) is 0 Å². The second kappa shape index (κ2) is 3.16. The maximum atomic E-state index is 11.2. The van der Waals surface area contributed by atoms with Crippen molar-refractivity contribution in [2.45, 2.75) is 4.90 Å². The lowest BCUT2D eigenvalue weighted by Gasteiger charge is -1.98. The van der Waals surface area contributed by atoms with Gasteiger partial charge in [0, 0.05) is 18.6 Å². The molecule has 0 radical (unpaired) electrons. The van der Waals surface area contributed by atoms with Gasteiger partial charge in [0.1, 0.15) is 11.3 Å². The van der Waals surface area contributed by atoms with E-state index in [0.717, 1.165) is 6.26 Å². The van der Waals surface area contributed by atoms with Crippen molar-refractivity contribution in [3.63, 3.8) is 0 Å². The van der Waals surface area contributed by atoms with Gasteiger partial charge in [0.15, 0.2) is 16.1 Å². The molecule has 0 saturated heterocycles. The summed E-state index contributed by atoms with van der Waals surface area (Å²) in [6.45, 7) is 0. The molecule has 0 unspecified atom stereocenters. The van der Waals surface area contributed by atoms with Crippen LogP contribution in [0.15, 0.2) is 29.4 Å². The first-order chi connectivity index (χ1) is 7.00. The van der Waals surface area contributed by atoms with Crippen LogP contribution in [0.4, 0.5) is 0 Å². The van der Waals surface area contributed by atoms with Gasteiger partial charge in [-0.1, -0.05) is 0 Å². The highest BCUT2D eigenvalue weighted by molar-refractivity contribution is 7.90. The minimum atomic E-state index is -3.23. The molecule has 2 rings (SSSR count). The van der Waals surface area contributed by atoms with Crippen molar-refractivity contribution in [1.82, 2.24) is 9.38 Å². The zero-order valence-corrected chi connectivity index (χ0v) is 8.73. The summed E-state index contributed by atoms with van der Waals surface area (Å²) in [5.41, 5.74) is 0.824. The highest BCUT2D eigenvalue weighted by Gasteiger charge is 2.08. The van der Waals surface area contributed by atoms with Crippen molar-refractivity contribution in [3.8, 4) is 0 Å². The van der Waals surface area contributed by atoms with Gasteiger partial charge in [-0.2, -0.15) is 0 Å². The number of hydrogen-bond acceptors (Lipinski definition) is 4. The Morgan fingerprint density at radius 1 is 1.33 bits per heavy atom. The van der Waals surface area contributed by atoms with Gasteiger partial charge in [0.2, 0.25) is 0 Å². The third kappa shape index (κ3) is 1.75. The lowest BCUT2D eigenvalue weighted by atomic mass is 10.5. The van der Waals surface area contributed by atoms with E-state index in [1.807, 2.05) is 0 Å². The van der Waals surface area contributed by atoms with Gasteiger partial charge in [-0.05, 0) is 12.1 Å². The average molecular weight is 224 g/mol. The number of aromatic nitrogens is 2. The standard InChI is InChI=1S/C9H8N2O3S/c1-15(13,14)8-2-3-9-10-7(6-12)4-11(9)5-8/h2-6H,1H3. The third-order valence-corrected chi connectivity index (χ3v) is 3.09. The van der Waals surface area contributed by atoms with Crippen LogP contribution >= 0.6 is 0 Å². The largest absolute Gasteiger partial charge is 0.305 e. The van der Waals surface area contributed by atoms with E-state index in [0.29, 0.717) is 11.9 Å². The molecule has 0 aliphatic carbocycles. The SMILES string of the molecule is CS(=O)(=O)c1ccc2nc(C=O)cn2c1. The van der Waals surface area contributed by atoms with E-state index < -0.39 is 9.84 Å². The van der Waals surface area contributed by atoms with Gasteiger partial charge in [-0.25, -0.2) is 13.4 Å². The van der Waals surface area contributed by atoms with Crippen molar-refractivity contribution in [3.05, 3.63) is 30.2 Å². The van der Waals surface area contributed by atoms with Crippen LogP contribution in [0.25, 0.3) is 5.65 Å². The minimum Gasteiger partial charge on any atom is -0.305 e. The Labute approximate surface area is 86.3 Å². The fraction of sp³-hybridized carbons (Fsp3) is 0.111. The van der Waals surface area contributed by atoms with E-state index in [2.05, 4.69) is 4.98 Å². The molecule has 78 valence electrons. The molecule has 2 aromatic rings. The molecule has 0 aromatic carbocycles. The van der Waals surface area contributed by atoms with Crippen LogP contribution in [0.1, 0.15) is 10.5 Å². The molecule has 5 nitrogen and oxygen atoms in total. The highest BCUT2D eigenvalue weighted by atomic mass is 32.2. The maximum absolute atomic E-state index is 11.2. The fourth-order valence-electron chi connectivity index (χ4n) is 1.27. The predicted octanol–water partition coefficient (Wildman–Crippen LogP) is 0.550. The normalized spacial score (nSPS) is 11.8. The Bertz CT molecular complexity index is 628. The maximum Gasteiger partial charge on any atom is 0.176 e. The molecule has 0 aliphatic rings. The summed E-state index contributed by atoms with van der Waals surface area (Å²) in [7, 11) is -3.23. The Balaban J connectivity index is 2.71. The molecule has 0 atom stereocenters. The van der Waals surface area contributed by atoms with E-state index in [-0.39, 0.29) is 10.6 Å². The summed E-state index contributed by atoms with van der Waals surface area (Å²) >= 11 is 0. The van der Waals surface area contributed by atoms with Gasteiger partial charge in [0.25, 0.3) is 0 Å². The molecule has 15 heavy (non-hydrogen) atoms. The van der Waals surface area contributed by atoms with Crippen molar-refractivity contribution < 1.29 is 13.2 Å². The number of hydrogen-bond donors (Lipinski definition) is 0. The van der Waals surface area contributed by atoms with Crippen LogP contribution < -0.4 is 0 Å². The lowest BCUT2D eigenvalue weighted by molar-refractivity contribution is 0.111. The first-order valence-corrected chi connectivity index (χ1v) is 6.04. The van der Waals surface area contributed by atoms with Gasteiger partial charge in [-0.15, -0.1) is 0 Å². The number of aldehydes is 1. The van der Waals surface area contributed by atoms with E-state index >= 15 is 0 Å². The van der Waals surface area contributed by atoms with Crippen LogP contribution in [0.3, 0.4) is 0 Å². The van der Waals surface area contributed by atoms with E-state index in [4.69, 9.17) is 0 Å². The molecule has 0 spiro atoms. The molecule has 0 aliphatic heterocycles. The Morgan fingerprint density at radius 2 is 2.07 bits per heavy atom. The number of fused-ring (bicyclic) bond motifs is 1. The number of sulfone groups is 1. The summed E-state index contributed by atoms with van der Waals surface area (Å²) < 4.78 is 24.0. The molecule has 0 saturated carbocycles. The van der Waals surface area contributed by atoms with Crippen molar-refractivity contribution in [2.75, 3.05) is 6.26 Å². The second-order valence-electron chi connectivity index (χ2n) is 3.19. The quantitative estimate of drug-likeness (QED) is 0.698.